The Morgan fingerprint density at radius 1 is 1.14 bits per heavy atom. The van der Waals surface area contributed by atoms with E-state index in [2.05, 4.69) is 10.6 Å². The maximum atomic E-state index is 13.2. The van der Waals surface area contributed by atoms with Crippen molar-refractivity contribution in [3.63, 3.8) is 0 Å². The zero-order chi connectivity index (χ0) is 20.5. The number of rotatable bonds is 4. The van der Waals surface area contributed by atoms with Crippen molar-refractivity contribution in [3.8, 4) is 17.2 Å². The van der Waals surface area contributed by atoms with Crippen LogP contribution in [0.1, 0.15) is 24.1 Å². The first-order valence-electron chi connectivity index (χ1n) is 9.36. The number of amides is 2. The van der Waals surface area contributed by atoms with E-state index in [0.29, 0.717) is 28.6 Å². The molecule has 0 aliphatic carbocycles. The number of hydrogen-bond acceptors (Lipinski definition) is 6. The number of likely N-dealkylation sites (N-methyl/N-ethyl adjacent to an activating group) is 1. The van der Waals surface area contributed by atoms with E-state index in [9.17, 15) is 9.59 Å². The summed E-state index contributed by atoms with van der Waals surface area (Å²) in [6.07, 6.45) is 0.786. The fourth-order valence-corrected chi connectivity index (χ4v) is 3.81. The molecule has 0 spiro atoms. The van der Waals surface area contributed by atoms with E-state index in [1.807, 2.05) is 18.0 Å². The number of nitrogens with zero attached hydrogens (tertiary/aromatic N) is 1. The fourth-order valence-electron chi connectivity index (χ4n) is 3.81. The molecule has 8 nitrogen and oxygen atoms in total. The number of fused-ring (bicyclic) bond motifs is 2. The zero-order valence-corrected chi connectivity index (χ0v) is 16.6. The Kier molecular flexibility index (Phi) is 5.02. The second-order valence-electron chi connectivity index (χ2n) is 7.10. The summed E-state index contributed by atoms with van der Waals surface area (Å²) in [5.41, 5.74) is 3.14. The van der Waals surface area contributed by atoms with Crippen molar-refractivity contribution in [1.82, 2.24) is 4.90 Å². The van der Waals surface area contributed by atoms with Crippen LogP contribution in [0.4, 0.5) is 11.4 Å². The molecule has 2 aliphatic rings. The number of anilines is 2. The summed E-state index contributed by atoms with van der Waals surface area (Å²) in [5, 5.41) is 5.67. The lowest BCUT2D eigenvalue weighted by molar-refractivity contribution is -0.121. The number of carbonyl (C=O) groups is 2. The van der Waals surface area contributed by atoms with Crippen LogP contribution in [0, 0.1) is 0 Å². The van der Waals surface area contributed by atoms with Crippen LogP contribution in [0.5, 0.6) is 17.2 Å². The minimum atomic E-state index is -0.529. The lowest BCUT2D eigenvalue weighted by Crippen LogP contribution is -2.39. The molecule has 0 unspecified atom stereocenters. The zero-order valence-electron chi connectivity index (χ0n) is 16.6. The van der Waals surface area contributed by atoms with Crippen LogP contribution in [0.15, 0.2) is 30.3 Å². The van der Waals surface area contributed by atoms with Crippen molar-refractivity contribution < 1.29 is 23.8 Å². The Hall–Kier alpha value is -3.26. The summed E-state index contributed by atoms with van der Waals surface area (Å²) in [6.45, 7) is 2.32. The van der Waals surface area contributed by atoms with E-state index in [1.54, 1.807) is 31.4 Å². The molecule has 2 N–H and O–H groups in total. The van der Waals surface area contributed by atoms with Gasteiger partial charge in [0.1, 0.15) is 6.04 Å². The summed E-state index contributed by atoms with van der Waals surface area (Å²) in [4.78, 5) is 26.4. The van der Waals surface area contributed by atoms with Gasteiger partial charge in [-0.25, -0.2) is 0 Å². The van der Waals surface area contributed by atoms with Crippen molar-refractivity contribution in [2.24, 2.45) is 0 Å². The molecule has 0 saturated heterocycles. The first-order valence-corrected chi connectivity index (χ1v) is 9.36. The van der Waals surface area contributed by atoms with Crippen molar-refractivity contribution in [2.75, 3.05) is 38.1 Å². The van der Waals surface area contributed by atoms with E-state index in [0.717, 1.165) is 24.1 Å². The third-order valence-corrected chi connectivity index (χ3v) is 5.12. The molecule has 8 heteroatoms. The van der Waals surface area contributed by atoms with Crippen LogP contribution in [0.3, 0.4) is 0 Å². The van der Waals surface area contributed by atoms with Crippen LogP contribution in [0.25, 0.3) is 0 Å². The number of methoxy groups -OCH3 is 1. The van der Waals surface area contributed by atoms with Crippen LogP contribution in [-0.4, -0.2) is 44.2 Å². The Morgan fingerprint density at radius 2 is 1.83 bits per heavy atom. The average Bonchev–Trinajstić information content (AvgIpc) is 3.15. The number of benzene rings is 2. The van der Waals surface area contributed by atoms with Gasteiger partial charge in [0.25, 0.3) is 0 Å². The molecular weight excluding hydrogens is 374 g/mol. The molecule has 2 heterocycles. The first kappa shape index (κ1) is 19.1. The smallest absolute Gasteiger partial charge is 0.246 e. The molecule has 2 aromatic carbocycles. The van der Waals surface area contributed by atoms with Gasteiger partial charge in [0.15, 0.2) is 11.5 Å². The molecule has 2 amide bonds. The summed E-state index contributed by atoms with van der Waals surface area (Å²) in [6, 6.07) is 8.41. The Labute approximate surface area is 168 Å². The minimum Gasteiger partial charge on any atom is -0.492 e. The Morgan fingerprint density at radius 3 is 2.48 bits per heavy atom. The van der Waals surface area contributed by atoms with Gasteiger partial charge in [-0.3, -0.25) is 14.5 Å². The van der Waals surface area contributed by atoms with E-state index in [-0.39, 0.29) is 18.6 Å². The third kappa shape index (κ3) is 3.58. The van der Waals surface area contributed by atoms with Gasteiger partial charge in [-0.2, -0.15) is 0 Å². The standard InChI is InChI=1S/C21H23N3O5/c1-12(25)22-14-4-6-15(7-5-14)23-21(26)18-17-13(8-9-24(18)2)10-16-19(20(17)27-3)29-11-28-16/h4-7,10,18H,8-9,11H2,1-3H3,(H,22,25)(H,23,26)/t18-/m1/s1. The molecule has 2 aliphatic heterocycles. The van der Waals surface area contributed by atoms with Gasteiger partial charge in [0.05, 0.1) is 7.11 Å². The highest BCUT2D eigenvalue weighted by Gasteiger charge is 2.37. The number of hydrogen-bond donors (Lipinski definition) is 2. The second kappa shape index (κ2) is 7.63. The predicted molar refractivity (Wildman–Crippen MR) is 108 cm³/mol. The van der Waals surface area contributed by atoms with E-state index < -0.39 is 6.04 Å². The fraction of sp³-hybridized carbons (Fsp3) is 0.333. The molecular formula is C21H23N3O5. The second-order valence-corrected chi connectivity index (χ2v) is 7.10. The lowest BCUT2D eigenvalue weighted by Gasteiger charge is -2.34. The highest BCUT2D eigenvalue weighted by atomic mass is 16.7. The molecule has 4 rings (SSSR count). The Balaban J connectivity index is 1.63. The number of ether oxygens (including phenoxy) is 3. The summed E-state index contributed by atoms with van der Waals surface area (Å²) < 4.78 is 16.7. The third-order valence-electron chi connectivity index (χ3n) is 5.12. The Bertz CT molecular complexity index is 958. The van der Waals surface area contributed by atoms with Gasteiger partial charge in [-0.05, 0) is 49.4 Å². The van der Waals surface area contributed by atoms with Gasteiger partial charge < -0.3 is 24.8 Å². The highest BCUT2D eigenvalue weighted by Crippen LogP contribution is 2.49. The molecule has 2 aromatic rings. The van der Waals surface area contributed by atoms with Crippen molar-refractivity contribution >= 4 is 23.2 Å². The molecule has 0 saturated carbocycles. The van der Waals surface area contributed by atoms with Gasteiger partial charge >= 0.3 is 0 Å². The van der Waals surface area contributed by atoms with Crippen molar-refractivity contribution in [1.29, 1.82) is 0 Å². The van der Waals surface area contributed by atoms with Crippen LogP contribution in [0.2, 0.25) is 0 Å². The van der Waals surface area contributed by atoms with E-state index >= 15 is 0 Å². The molecule has 152 valence electrons. The predicted octanol–water partition coefficient (Wildman–Crippen LogP) is 2.55. The molecule has 0 aromatic heterocycles. The average molecular weight is 397 g/mol. The molecule has 0 fully saturated rings. The minimum absolute atomic E-state index is 0.141. The van der Waals surface area contributed by atoms with Gasteiger partial charge in [0, 0.05) is 30.4 Å². The van der Waals surface area contributed by atoms with Crippen LogP contribution >= 0.6 is 0 Å². The monoisotopic (exact) mass is 397 g/mol. The highest BCUT2D eigenvalue weighted by molar-refractivity contribution is 5.97. The maximum Gasteiger partial charge on any atom is 0.246 e. The van der Waals surface area contributed by atoms with Crippen LogP contribution in [-0.2, 0) is 16.0 Å². The van der Waals surface area contributed by atoms with Crippen molar-refractivity contribution in [3.05, 3.63) is 41.5 Å². The molecule has 29 heavy (non-hydrogen) atoms. The maximum absolute atomic E-state index is 13.2. The van der Waals surface area contributed by atoms with E-state index in [1.165, 1.54) is 6.92 Å². The first-order chi connectivity index (χ1) is 14.0. The molecule has 1 atom stereocenters. The van der Waals surface area contributed by atoms with Crippen LogP contribution < -0.4 is 24.8 Å². The summed E-state index contributed by atoms with van der Waals surface area (Å²) in [7, 11) is 3.49. The number of carbonyl (C=O) groups excluding carboxylic acids is 2. The molecule has 0 radical (unpaired) electrons. The largest absolute Gasteiger partial charge is 0.492 e. The van der Waals surface area contributed by atoms with E-state index in [4.69, 9.17) is 14.2 Å². The summed E-state index contributed by atoms with van der Waals surface area (Å²) >= 11 is 0. The topological polar surface area (TPSA) is 89.1 Å². The molecule has 0 bridgehead atoms. The quantitative estimate of drug-likeness (QED) is 0.824. The SMILES string of the molecule is COc1c2c(cc3c1[C@H](C(=O)Nc1ccc(NC(C)=O)cc1)N(C)CC3)OCO2. The number of nitrogens with one attached hydrogen (secondary N) is 2. The van der Waals surface area contributed by atoms with Crippen molar-refractivity contribution in [2.45, 2.75) is 19.4 Å². The van der Waals surface area contributed by atoms with Gasteiger partial charge in [-0.15, -0.1) is 0 Å². The van der Waals surface area contributed by atoms with Gasteiger partial charge in [0.2, 0.25) is 24.4 Å². The lowest BCUT2D eigenvalue weighted by atomic mass is 9.90. The summed E-state index contributed by atoms with van der Waals surface area (Å²) in [5.74, 6) is 1.42. The van der Waals surface area contributed by atoms with Gasteiger partial charge in [-0.1, -0.05) is 0 Å². The normalized spacial score (nSPS) is 17.4.